The highest BCUT2D eigenvalue weighted by molar-refractivity contribution is 9.10. The normalized spacial score (nSPS) is 11.4. The standard InChI is InChI=1S/C20H25BrN2O5/c1-8-9-12-14(21)10-15(13(11-22)16(12)24)23(17(25)27-19(2,3)4)18(26)28-20(5,6)7/h8,10,24H,1,9H2,2-7H3. The topological polar surface area (TPSA) is 99.9 Å². The molecule has 0 aliphatic carbocycles. The van der Waals surface area contributed by atoms with Crippen molar-refractivity contribution in [2.24, 2.45) is 0 Å². The number of anilines is 1. The van der Waals surface area contributed by atoms with E-state index in [0.29, 0.717) is 14.9 Å². The van der Waals surface area contributed by atoms with Crippen molar-refractivity contribution in [3.05, 3.63) is 34.3 Å². The molecular formula is C20H25BrN2O5. The van der Waals surface area contributed by atoms with Crippen LogP contribution in [-0.2, 0) is 15.9 Å². The van der Waals surface area contributed by atoms with Gasteiger partial charge in [0, 0.05) is 10.0 Å². The molecule has 1 rings (SSSR count). The van der Waals surface area contributed by atoms with Gasteiger partial charge in [0.15, 0.2) is 0 Å². The number of benzene rings is 1. The van der Waals surface area contributed by atoms with Crippen molar-refractivity contribution in [1.82, 2.24) is 0 Å². The second-order valence-electron chi connectivity index (χ2n) is 7.98. The Labute approximate surface area is 173 Å². The molecular weight excluding hydrogens is 428 g/mol. The maximum atomic E-state index is 12.8. The number of phenols is 1. The fourth-order valence-electron chi connectivity index (χ4n) is 2.18. The molecule has 152 valence electrons. The molecule has 0 fully saturated rings. The van der Waals surface area contributed by atoms with Gasteiger partial charge in [-0.25, -0.2) is 9.59 Å². The number of imide groups is 1. The monoisotopic (exact) mass is 452 g/mol. The van der Waals surface area contributed by atoms with E-state index in [1.165, 1.54) is 6.07 Å². The first-order valence-corrected chi connectivity index (χ1v) is 9.32. The van der Waals surface area contributed by atoms with E-state index in [-0.39, 0.29) is 23.4 Å². The van der Waals surface area contributed by atoms with Gasteiger partial charge in [0.1, 0.15) is 28.6 Å². The van der Waals surface area contributed by atoms with E-state index in [9.17, 15) is 20.0 Å². The number of carbonyl (C=O) groups is 2. The number of allylic oxidation sites excluding steroid dienone is 1. The molecule has 8 heteroatoms. The number of aromatic hydroxyl groups is 1. The molecule has 0 aliphatic heterocycles. The summed E-state index contributed by atoms with van der Waals surface area (Å²) in [6.45, 7) is 13.5. The Bertz CT molecular complexity index is 801. The zero-order valence-corrected chi connectivity index (χ0v) is 18.5. The first-order valence-electron chi connectivity index (χ1n) is 8.53. The Kier molecular flexibility index (Phi) is 7.26. The van der Waals surface area contributed by atoms with Crippen LogP contribution in [0.25, 0.3) is 0 Å². The Morgan fingerprint density at radius 2 is 1.68 bits per heavy atom. The lowest BCUT2D eigenvalue weighted by atomic mass is 10.0. The molecule has 0 atom stereocenters. The highest BCUT2D eigenvalue weighted by Crippen LogP contribution is 2.38. The molecule has 28 heavy (non-hydrogen) atoms. The van der Waals surface area contributed by atoms with Gasteiger partial charge in [0.25, 0.3) is 0 Å². The highest BCUT2D eigenvalue weighted by Gasteiger charge is 2.35. The maximum absolute atomic E-state index is 12.8. The van der Waals surface area contributed by atoms with E-state index in [1.54, 1.807) is 47.6 Å². The second kappa shape index (κ2) is 8.65. The van der Waals surface area contributed by atoms with Crippen LogP contribution in [0, 0.1) is 11.3 Å². The third kappa shape index (κ3) is 5.99. The summed E-state index contributed by atoms with van der Waals surface area (Å²) in [5.74, 6) is -0.358. The summed E-state index contributed by atoms with van der Waals surface area (Å²) in [5, 5.41) is 20.1. The molecule has 0 aliphatic rings. The molecule has 0 heterocycles. The Morgan fingerprint density at radius 3 is 2.04 bits per heavy atom. The van der Waals surface area contributed by atoms with Crippen LogP contribution in [0.2, 0.25) is 0 Å². The third-order valence-electron chi connectivity index (χ3n) is 3.18. The average molecular weight is 453 g/mol. The SMILES string of the molecule is C=CCc1c(Br)cc(N(C(=O)OC(C)(C)C)C(=O)OC(C)(C)C)c(C#N)c1O. The van der Waals surface area contributed by atoms with Crippen molar-refractivity contribution >= 4 is 33.8 Å². The zero-order valence-electron chi connectivity index (χ0n) is 16.9. The van der Waals surface area contributed by atoms with Crippen molar-refractivity contribution in [1.29, 1.82) is 5.26 Å². The van der Waals surface area contributed by atoms with Crippen molar-refractivity contribution in [3.8, 4) is 11.8 Å². The minimum absolute atomic E-state index is 0.150. The Balaban J connectivity index is 3.66. The van der Waals surface area contributed by atoms with Crippen LogP contribution < -0.4 is 4.90 Å². The number of carbonyl (C=O) groups excluding carboxylic acids is 2. The smallest absolute Gasteiger partial charge is 0.424 e. The molecule has 7 nitrogen and oxygen atoms in total. The zero-order chi connectivity index (χ0) is 21.9. The van der Waals surface area contributed by atoms with Gasteiger partial charge in [-0.15, -0.1) is 6.58 Å². The van der Waals surface area contributed by atoms with Crippen LogP contribution in [0.3, 0.4) is 0 Å². The van der Waals surface area contributed by atoms with Gasteiger partial charge in [0.05, 0.1) is 5.69 Å². The van der Waals surface area contributed by atoms with Gasteiger partial charge in [0.2, 0.25) is 0 Å². The van der Waals surface area contributed by atoms with E-state index in [2.05, 4.69) is 22.5 Å². The summed E-state index contributed by atoms with van der Waals surface area (Å²) in [4.78, 5) is 26.1. The first-order chi connectivity index (χ1) is 12.7. The van der Waals surface area contributed by atoms with Crippen LogP contribution in [0.5, 0.6) is 5.75 Å². The fourth-order valence-corrected chi connectivity index (χ4v) is 2.74. The van der Waals surface area contributed by atoms with E-state index < -0.39 is 23.4 Å². The lowest BCUT2D eigenvalue weighted by molar-refractivity contribution is 0.0430. The lowest BCUT2D eigenvalue weighted by Gasteiger charge is -2.29. The van der Waals surface area contributed by atoms with Gasteiger partial charge in [-0.05, 0) is 54.0 Å². The summed E-state index contributed by atoms with van der Waals surface area (Å²) in [6.07, 6.45) is -0.220. The minimum atomic E-state index is -1.03. The molecule has 0 bridgehead atoms. The van der Waals surface area contributed by atoms with Gasteiger partial charge < -0.3 is 14.6 Å². The van der Waals surface area contributed by atoms with Gasteiger partial charge in [-0.1, -0.05) is 22.0 Å². The van der Waals surface area contributed by atoms with Crippen molar-refractivity contribution < 1.29 is 24.2 Å². The lowest BCUT2D eigenvalue weighted by Crippen LogP contribution is -2.44. The first kappa shape index (κ1) is 23.5. The van der Waals surface area contributed by atoms with Crippen molar-refractivity contribution in [2.75, 3.05) is 4.90 Å². The largest absolute Gasteiger partial charge is 0.506 e. The average Bonchev–Trinajstić information content (AvgIpc) is 2.48. The van der Waals surface area contributed by atoms with Crippen molar-refractivity contribution in [3.63, 3.8) is 0 Å². The summed E-state index contributed by atoms with van der Waals surface area (Å²) in [7, 11) is 0. The highest BCUT2D eigenvalue weighted by atomic mass is 79.9. The molecule has 0 spiro atoms. The van der Waals surface area contributed by atoms with Gasteiger partial charge in [-0.3, -0.25) is 0 Å². The van der Waals surface area contributed by atoms with E-state index in [0.717, 1.165) is 0 Å². The van der Waals surface area contributed by atoms with Crippen LogP contribution in [0.4, 0.5) is 15.3 Å². The molecule has 1 aromatic rings. The third-order valence-corrected chi connectivity index (χ3v) is 3.89. The number of amides is 2. The number of halogens is 1. The Morgan fingerprint density at radius 1 is 1.21 bits per heavy atom. The summed E-state index contributed by atoms with van der Waals surface area (Å²) >= 11 is 3.30. The number of ether oxygens (including phenoxy) is 2. The molecule has 0 unspecified atom stereocenters. The number of phenolic OH excluding ortho intramolecular Hbond substituents is 1. The molecule has 1 N–H and O–H groups in total. The molecule has 1 aromatic carbocycles. The van der Waals surface area contributed by atoms with Crippen LogP contribution in [-0.4, -0.2) is 28.5 Å². The number of hydrogen-bond donors (Lipinski definition) is 1. The predicted molar refractivity (Wildman–Crippen MR) is 109 cm³/mol. The fraction of sp³-hybridized carbons (Fsp3) is 0.450. The van der Waals surface area contributed by atoms with Gasteiger partial charge in [-0.2, -0.15) is 10.2 Å². The number of nitriles is 1. The summed E-state index contributed by atoms with van der Waals surface area (Å²) in [6, 6.07) is 3.24. The number of hydrogen-bond acceptors (Lipinski definition) is 6. The second-order valence-corrected chi connectivity index (χ2v) is 8.83. The summed E-state index contributed by atoms with van der Waals surface area (Å²) in [5.41, 5.74) is -1.79. The minimum Gasteiger partial charge on any atom is -0.506 e. The molecule has 0 aromatic heterocycles. The predicted octanol–water partition coefficient (Wildman–Crippen LogP) is 5.43. The van der Waals surface area contributed by atoms with Crippen LogP contribution in [0.1, 0.15) is 52.7 Å². The number of nitrogens with zero attached hydrogens (tertiary/aromatic N) is 2. The van der Waals surface area contributed by atoms with E-state index in [1.807, 2.05) is 6.07 Å². The van der Waals surface area contributed by atoms with Crippen LogP contribution in [0.15, 0.2) is 23.2 Å². The molecule has 2 amide bonds. The van der Waals surface area contributed by atoms with Crippen molar-refractivity contribution in [2.45, 2.75) is 59.2 Å². The van der Waals surface area contributed by atoms with Crippen LogP contribution >= 0.6 is 15.9 Å². The van der Waals surface area contributed by atoms with Gasteiger partial charge >= 0.3 is 12.2 Å². The molecule has 0 radical (unpaired) electrons. The van der Waals surface area contributed by atoms with E-state index in [4.69, 9.17) is 9.47 Å². The maximum Gasteiger partial charge on any atom is 0.424 e. The quantitative estimate of drug-likeness (QED) is 0.613. The number of rotatable bonds is 3. The molecule has 0 saturated carbocycles. The summed E-state index contributed by atoms with van der Waals surface area (Å²) < 4.78 is 11.0. The van der Waals surface area contributed by atoms with E-state index >= 15 is 0 Å². The Hall–Kier alpha value is -2.53. The molecule has 0 saturated heterocycles.